The van der Waals surface area contributed by atoms with Crippen molar-refractivity contribution >= 4 is 11.6 Å². The fourth-order valence-electron chi connectivity index (χ4n) is 1.37. The number of hydrogen-bond acceptors (Lipinski definition) is 0. The van der Waals surface area contributed by atoms with Crippen molar-refractivity contribution in [2.75, 3.05) is 0 Å². The van der Waals surface area contributed by atoms with Crippen molar-refractivity contribution in [2.24, 2.45) is 5.92 Å². The summed E-state index contributed by atoms with van der Waals surface area (Å²) in [4.78, 5) is 0. The van der Waals surface area contributed by atoms with E-state index in [0.717, 1.165) is 12.8 Å². The molecule has 0 radical (unpaired) electrons. The zero-order valence-electron chi connectivity index (χ0n) is 8.70. The van der Waals surface area contributed by atoms with E-state index in [1.807, 2.05) is 13.8 Å². The topological polar surface area (TPSA) is 0 Å². The molecule has 0 nitrogen and oxygen atoms in total. The van der Waals surface area contributed by atoms with E-state index in [0.29, 0.717) is 6.42 Å². The Balaban J connectivity index is 3.58. The van der Waals surface area contributed by atoms with Gasteiger partial charge in [0.25, 0.3) is 0 Å². The van der Waals surface area contributed by atoms with Gasteiger partial charge in [-0.15, -0.1) is 11.6 Å². The molecule has 2 atom stereocenters. The summed E-state index contributed by atoms with van der Waals surface area (Å²) in [5.74, 6) is 0.180. The van der Waals surface area contributed by atoms with Gasteiger partial charge in [-0.05, 0) is 25.2 Å². The smallest absolute Gasteiger partial charge is 0.171 e. The standard InChI is InChI=1S/C10H18ClF3/c1-3-5-9(11)8(2)6-4-7-10(12,13)14/h8-9H,3-7H2,1-2H3. The van der Waals surface area contributed by atoms with Crippen LogP contribution in [0.4, 0.5) is 13.2 Å². The van der Waals surface area contributed by atoms with Crippen molar-refractivity contribution in [1.82, 2.24) is 0 Å². The lowest BCUT2D eigenvalue weighted by molar-refractivity contribution is -0.136. The Morgan fingerprint density at radius 1 is 1.21 bits per heavy atom. The van der Waals surface area contributed by atoms with E-state index in [2.05, 4.69) is 0 Å². The molecule has 0 aliphatic heterocycles. The van der Waals surface area contributed by atoms with Crippen molar-refractivity contribution in [3.63, 3.8) is 0 Å². The lowest BCUT2D eigenvalue weighted by atomic mass is 9.97. The molecular weight excluding hydrogens is 213 g/mol. The Kier molecular flexibility index (Phi) is 6.58. The minimum Gasteiger partial charge on any atom is -0.171 e. The van der Waals surface area contributed by atoms with E-state index in [1.165, 1.54) is 0 Å². The summed E-state index contributed by atoms with van der Waals surface area (Å²) in [5.41, 5.74) is 0. The van der Waals surface area contributed by atoms with Gasteiger partial charge >= 0.3 is 6.18 Å². The lowest BCUT2D eigenvalue weighted by Crippen LogP contribution is -2.13. The largest absolute Gasteiger partial charge is 0.389 e. The molecule has 4 heteroatoms. The predicted molar refractivity (Wildman–Crippen MR) is 53.6 cm³/mol. The molecule has 0 saturated carbocycles. The summed E-state index contributed by atoms with van der Waals surface area (Å²) in [6.07, 6.45) is -2.09. The number of hydrogen-bond donors (Lipinski definition) is 0. The van der Waals surface area contributed by atoms with E-state index < -0.39 is 12.6 Å². The van der Waals surface area contributed by atoms with Gasteiger partial charge in [0.1, 0.15) is 0 Å². The van der Waals surface area contributed by atoms with E-state index in [1.54, 1.807) is 0 Å². The van der Waals surface area contributed by atoms with Gasteiger partial charge in [0.05, 0.1) is 0 Å². The first-order valence-corrected chi connectivity index (χ1v) is 5.51. The third kappa shape index (κ3) is 7.48. The van der Waals surface area contributed by atoms with E-state index in [4.69, 9.17) is 11.6 Å². The Hall–Kier alpha value is 0.0800. The zero-order chi connectivity index (χ0) is 11.2. The van der Waals surface area contributed by atoms with Crippen LogP contribution in [0.1, 0.15) is 46.0 Å². The van der Waals surface area contributed by atoms with Crippen molar-refractivity contribution in [3.8, 4) is 0 Å². The van der Waals surface area contributed by atoms with E-state index in [9.17, 15) is 13.2 Å². The average Bonchev–Trinajstić information content (AvgIpc) is 2.02. The molecule has 0 aliphatic rings. The second-order valence-electron chi connectivity index (χ2n) is 3.79. The maximum Gasteiger partial charge on any atom is 0.389 e. The highest BCUT2D eigenvalue weighted by Crippen LogP contribution is 2.26. The Bertz CT molecular complexity index is 145. The Morgan fingerprint density at radius 2 is 1.79 bits per heavy atom. The normalized spacial score (nSPS) is 16.7. The van der Waals surface area contributed by atoms with E-state index in [-0.39, 0.29) is 17.7 Å². The van der Waals surface area contributed by atoms with Crippen molar-refractivity contribution in [2.45, 2.75) is 57.5 Å². The maximum atomic E-state index is 11.8. The second kappa shape index (κ2) is 6.54. The Morgan fingerprint density at radius 3 is 2.21 bits per heavy atom. The molecule has 0 fully saturated rings. The molecule has 0 N–H and O–H groups in total. The average molecular weight is 231 g/mol. The summed E-state index contributed by atoms with van der Waals surface area (Å²) in [7, 11) is 0. The fourth-order valence-corrected chi connectivity index (χ4v) is 1.71. The van der Waals surface area contributed by atoms with E-state index >= 15 is 0 Å². The van der Waals surface area contributed by atoms with Gasteiger partial charge in [-0.25, -0.2) is 0 Å². The van der Waals surface area contributed by atoms with Crippen molar-refractivity contribution in [1.29, 1.82) is 0 Å². The second-order valence-corrected chi connectivity index (χ2v) is 4.35. The van der Waals surface area contributed by atoms with Gasteiger partial charge in [0.2, 0.25) is 0 Å². The van der Waals surface area contributed by atoms with Crippen LogP contribution in [0.3, 0.4) is 0 Å². The van der Waals surface area contributed by atoms with Crippen LogP contribution in [0.15, 0.2) is 0 Å². The van der Waals surface area contributed by atoms with Crippen LogP contribution in [0, 0.1) is 5.92 Å². The highest BCUT2D eigenvalue weighted by atomic mass is 35.5. The molecule has 0 amide bonds. The van der Waals surface area contributed by atoms with Gasteiger partial charge in [-0.2, -0.15) is 13.2 Å². The number of rotatable bonds is 6. The molecule has 2 unspecified atom stereocenters. The van der Waals surface area contributed by atoms with Crippen LogP contribution in [-0.4, -0.2) is 11.6 Å². The minimum absolute atomic E-state index is 0.0215. The van der Waals surface area contributed by atoms with Crippen LogP contribution >= 0.6 is 11.6 Å². The minimum atomic E-state index is -4.02. The lowest BCUT2D eigenvalue weighted by Gasteiger charge is -2.17. The first kappa shape index (κ1) is 14.1. The molecular formula is C10H18ClF3. The summed E-state index contributed by atoms with van der Waals surface area (Å²) in [5, 5.41) is 0.0215. The van der Waals surface area contributed by atoms with Crippen LogP contribution in [-0.2, 0) is 0 Å². The molecule has 86 valence electrons. The van der Waals surface area contributed by atoms with Crippen molar-refractivity contribution < 1.29 is 13.2 Å². The van der Waals surface area contributed by atoms with Gasteiger partial charge < -0.3 is 0 Å². The van der Waals surface area contributed by atoms with Crippen LogP contribution in [0.2, 0.25) is 0 Å². The maximum absolute atomic E-state index is 11.8. The van der Waals surface area contributed by atoms with Crippen LogP contribution in [0.25, 0.3) is 0 Å². The summed E-state index contributed by atoms with van der Waals surface area (Å²) in [6.45, 7) is 3.95. The molecule has 0 rings (SSSR count). The van der Waals surface area contributed by atoms with Crippen molar-refractivity contribution in [3.05, 3.63) is 0 Å². The number of alkyl halides is 4. The highest BCUT2D eigenvalue weighted by Gasteiger charge is 2.26. The molecule has 0 aromatic heterocycles. The van der Waals surface area contributed by atoms with Crippen LogP contribution < -0.4 is 0 Å². The SMILES string of the molecule is CCCC(Cl)C(C)CCCC(F)(F)F. The van der Waals surface area contributed by atoms with Crippen LogP contribution in [0.5, 0.6) is 0 Å². The highest BCUT2D eigenvalue weighted by molar-refractivity contribution is 6.20. The van der Waals surface area contributed by atoms with Gasteiger partial charge in [-0.3, -0.25) is 0 Å². The third-order valence-electron chi connectivity index (χ3n) is 2.30. The third-order valence-corrected chi connectivity index (χ3v) is 2.95. The van der Waals surface area contributed by atoms with Gasteiger partial charge in [0.15, 0.2) is 0 Å². The molecule has 0 aromatic rings. The fraction of sp³-hybridized carbons (Fsp3) is 1.00. The van der Waals surface area contributed by atoms with Gasteiger partial charge in [-0.1, -0.05) is 20.3 Å². The molecule has 0 saturated heterocycles. The summed E-state index contributed by atoms with van der Waals surface area (Å²) >= 11 is 6.00. The first-order valence-electron chi connectivity index (χ1n) is 5.07. The van der Waals surface area contributed by atoms with Gasteiger partial charge in [0, 0.05) is 11.8 Å². The predicted octanol–water partition coefficient (Wildman–Crippen LogP) is 4.76. The summed E-state index contributed by atoms with van der Waals surface area (Å²) < 4.78 is 35.5. The monoisotopic (exact) mass is 230 g/mol. The molecule has 14 heavy (non-hydrogen) atoms. The molecule has 0 heterocycles. The quantitative estimate of drug-likeness (QED) is 0.577. The Labute approximate surface area is 88.8 Å². The molecule has 0 aromatic carbocycles. The first-order chi connectivity index (χ1) is 6.37. The zero-order valence-corrected chi connectivity index (χ0v) is 9.46. The number of halogens is 4. The molecule has 0 spiro atoms. The molecule has 0 bridgehead atoms. The molecule has 0 aliphatic carbocycles. The summed E-state index contributed by atoms with van der Waals surface area (Å²) in [6, 6.07) is 0.